The van der Waals surface area contributed by atoms with E-state index in [0.29, 0.717) is 10.4 Å². The van der Waals surface area contributed by atoms with Crippen LogP contribution in [0.3, 0.4) is 0 Å². The number of aryl methyl sites for hydroxylation is 1. The minimum Gasteiger partial charge on any atom is -0.265 e. The van der Waals surface area contributed by atoms with Crippen LogP contribution >= 0.6 is 22.7 Å². The van der Waals surface area contributed by atoms with Gasteiger partial charge in [0.25, 0.3) is 5.91 Å². The monoisotopic (exact) mass is 463 g/mol. The zero-order valence-corrected chi connectivity index (χ0v) is 17.3. The van der Waals surface area contributed by atoms with E-state index in [1.807, 2.05) is 0 Å². The highest BCUT2D eigenvalue weighted by Gasteiger charge is 2.35. The highest BCUT2D eigenvalue weighted by molar-refractivity contribution is 7.91. The molecule has 0 aliphatic heterocycles. The molecule has 0 radical (unpaired) electrons. The summed E-state index contributed by atoms with van der Waals surface area (Å²) >= 11 is 1.42. The second-order valence-electron chi connectivity index (χ2n) is 5.57. The van der Waals surface area contributed by atoms with Gasteiger partial charge in [0.15, 0.2) is 9.84 Å². The van der Waals surface area contributed by atoms with Crippen molar-refractivity contribution in [2.75, 3.05) is 5.75 Å². The fourth-order valence-electron chi connectivity index (χ4n) is 2.19. The molecule has 3 rings (SSSR count). The predicted octanol–water partition coefficient (Wildman–Crippen LogP) is 2.55. The summed E-state index contributed by atoms with van der Waals surface area (Å²) in [5, 5.41) is 2.10. The van der Waals surface area contributed by atoms with Gasteiger partial charge in [0, 0.05) is 25.0 Å². The molecule has 154 valence electrons. The summed E-state index contributed by atoms with van der Waals surface area (Å²) in [5.74, 6) is -1.38. The van der Waals surface area contributed by atoms with E-state index < -0.39 is 32.6 Å². The summed E-state index contributed by atoms with van der Waals surface area (Å²) in [6, 6.07) is 1.29. The Labute approximate surface area is 170 Å². The van der Waals surface area contributed by atoms with Gasteiger partial charge in [-0.3, -0.25) is 9.78 Å². The molecule has 29 heavy (non-hydrogen) atoms. The fourth-order valence-corrected chi connectivity index (χ4v) is 4.60. The Morgan fingerprint density at radius 2 is 2.03 bits per heavy atom. The lowest BCUT2D eigenvalue weighted by Gasteiger charge is -2.07. The van der Waals surface area contributed by atoms with Crippen LogP contribution in [0.2, 0.25) is 0 Å². The smallest absolute Gasteiger partial charge is 0.265 e. The zero-order valence-electron chi connectivity index (χ0n) is 14.8. The van der Waals surface area contributed by atoms with E-state index in [9.17, 15) is 26.4 Å². The predicted molar refractivity (Wildman–Crippen MR) is 99.1 cm³/mol. The van der Waals surface area contributed by atoms with Crippen molar-refractivity contribution >= 4 is 38.4 Å². The summed E-state index contributed by atoms with van der Waals surface area (Å²) in [7, 11) is -2.67. The first-order valence-electron chi connectivity index (χ1n) is 7.85. The number of carbonyl (C=O) groups is 1. The van der Waals surface area contributed by atoms with E-state index in [1.165, 1.54) is 43.8 Å². The molecule has 0 saturated carbocycles. The first kappa shape index (κ1) is 21.3. The van der Waals surface area contributed by atoms with Gasteiger partial charge in [-0.25, -0.2) is 18.1 Å². The van der Waals surface area contributed by atoms with Crippen molar-refractivity contribution in [1.29, 1.82) is 0 Å². The molecule has 8 nitrogen and oxygen atoms in total. The lowest BCUT2D eigenvalue weighted by molar-refractivity contribution is -0.138. The highest BCUT2D eigenvalue weighted by atomic mass is 32.2. The number of thiazole rings is 1. The van der Waals surface area contributed by atoms with Gasteiger partial charge in [0.1, 0.15) is 5.69 Å². The van der Waals surface area contributed by atoms with Crippen LogP contribution in [-0.2, 0) is 23.1 Å². The quantitative estimate of drug-likeness (QED) is 0.589. The number of hydrogen-bond donors (Lipinski definition) is 0. The summed E-state index contributed by atoms with van der Waals surface area (Å²) in [6.07, 6.45) is -1.88. The number of aromatic nitrogens is 4. The normalized spacial score (nSPS) is 13.1. The molecule has 3 aromatic heterocycles. The van der Waals surface area contributed by atoms with Crippen LogP contribution in [0.1, 0.15) is 22.4 Å². The SMILES string of the molecule is CCS(=O)(=O)c1cc(-c2cncs2)cnc1C(=O)N=c1sc(C(F)(F)F)nn1C. The maximum atomic E-state index is 12.8. The minimum atomic E-state index is -4.69. The number of carbonyl (C=O) groups excluding carboxylic acids is 1. The summed E-state index contributed by atoms with van der Waals surface area (Å²) in [5.41, 5.74) is 1.53. The van der Waals surface area contributed by atoms with Crippen LogP contribution < -0.4 is 4.80 Å². The highest BCUT2D eigenvalue weighted by Crippen LogP contribution is 2.29. The van der Waals surface area contributed by atoms with Gasteiger partial charge < -0.3 is 0 Å². The van der Waals surface area contributed by atoms with E-state index in [2.05, 4.69) is 20.1 Å². The molecule has 0 aliphatic carbocycles. The molecular formula is C15H12F3N5O3S3. The second kappa shape index (κ2) is 7.76. The molecular weight excluding hydrogens is 451 g/mol. The molecule has 14 heteroatoms. The minimum absolute atomic E-state index is 0.165. The van der Waals surface area contributed by atoms with Gasteiger partial charge in [0.2, 0.25) is 9.81 Å². The van der Waals surface area contributed by atoms with Crippen molar-refractivity contribution < 1.29 is 26.4 Å². The van der Waals surface area contributed by atoms with Gasteiger partial charge in [0.05, 0.1) is 21.0 Å². The topological polar surface area (TPSA) is 107 Å². The molecule has 0 N–H and O–H groups in total. The van der Waals surface area contributed by atoms with Crippen molar-refractivity contribution in [2.45, 2.75) is 18.0 Å². The zero-order chi connectivity index (χ0) is 21.4. The molecule has 0 aliphatic rings. The lowest BCUT2D eigenvalue weighted by atomic mass is 10.2. The Bertz CT molecular complexity index is 1230. The number of nitrogens with zero attached hydrogens (tertiary/aromatic N) is 5. The third kappa shape index (κ3) is 4.43. The molecule has 0 unspecified atom stereocenters. The van der Waals surface area contributed by atoms with Crippen LogP contribution in [0.25, 0.3) is 10.4 Å². The van der Waals surface area contributed by atoms with Gasteiger partial charge in [-0.15, -0.1) is 11.3 Å². The molecule has 1 amide bonds. The van der Waals surface area contributed by atoms with Crippen molar-refractivity contribution in [3.05, 3.63) is 39.5 Å². The first-order chi connectivity index (χ1) is 13.5. The summed E-state index contributed by atoms with van der Waals surface area (Å²) in [4.78, 5) is 24.0. The van der Waals surface area contributed by atoms with E-state index in [0.717, 1.165) is 4.68 Å². The Kier molecular flexibility index (Phi) is 5.69. The standard InChI is InChI=1S/C15H12F3N5O3S3/c1-3-29(25,26)10-4-8(9-6-19-7-27-9)5-20-11(10)12(24)21-14-23(2)22-13(28-14)15(16,17)18/h4-7H,3H2,1-2H3. The van der Waals surface area contributed by atoms with E-state index in [-0.39, 0.29) is 26.8 Å². The Hall–Kier alpha value is -2.45. The summed E-state index contributed by atoms with van der Waals surface area (Å²) in [6.45, 7) is 1.40. The molecule has 0 aromatic carbocycles. The number of alkyl halides is 3. The maximum absolute atomic E-state index is 12.8. The van der Waals surface area contributed by atoms with Gasteiger partial charge in [-0.05, 0) is 6.07 Å². The van der Waals surface area contributed by atoms with Crippen LogP contribution in [0, 0.1) is 0 Å². The van der Waals surface area contributed by atoms with Gasteiger partial charge in [-0.2, -0.15) is 23.3 Å². The lowest BCUT2D eigenvalue weighted by Crippen LogP contribution is -2.17. The number of hydrogen-bond acceptors (Lipinski definition) is 8. The molecule has 3 heterocycles. The van der Waals surface area contributed by atoms with Crippen LogP contribution in [0.15, 0.2) is 33.9 Å². The van der Waals surface area contributed by atoms with Crippen molar-refractivity contribution in [1.82, 2.24) is 19.7 Å². The third-order valence-corrected chi connectivity index (χ3v) is 7.24. The maximum Gasteiger partial charge on any atom is 0.445 e. The van der Waals surface area contributed by atoms with E-state index in [1.54, 1.807) is 5.51 Å². The van der Waals surface area contributed by atoms with E-state index >= 15 is 0 Å². The van der Waals surface area contributed by atoms with Crippen molar-refractivity contribution in [3.8, 4) is 10.4 Å². The van der Waals surface area contributed by atoms with Crippen molar-refractivity contribution in [3.63, 3.8) is 0 Å². The average molecular weight is 463 g/mol. The number of halogens is 3. The van der Waals surface area contributed by atoms with Crippen LogP contribution in [-0.4, -0.2) is 39.8 Å². The molecule has 0 atom stereocenters. The van der Waals surface area contributed by atoms with Crippen LogP contribution in [0.4, 0.5) is 13.2 Å². The third-order valence-electron chi connectivity index (χ3n) is 3.63. The molecule has 0 fully saturated rings. The molecule has 3 aromatic rings. The number of amides is 1. The fraction of sp³-hybridized carbons (Fsp3) is 0.267. The largest absolute Gasteiger partial charge is 0.445 e. The second-order valence-corrected chi connectivity index (χ2v) is 9.66. The Balaban J connectivity index is 2.13. The first-order valence-corrected chi connectivity index (χ1v) is 11.2. The average Bonchev–Trinajstić information content (AvgIpc) is 3.31. The number of pyridine rings is 1. The molecule has 0 saturated heterocycles. The molecule has 0 bridgehead atoms. The van der Waals surface area contributed by atoms with Gasteiger partial charge >= 0.3 is 6.18 Å². The number of rotatable bonds is 4. The molecule has 0 spiro atoms. The summed E-state index contributed by atoms with van der Waals surface area (Å²) < 4.78 is 64.2. The number of sulfone groups is 1. The Morgan fingerprint density at radius 3 is 2.59 bits per heavy atom. The van der Waals surface area contributed by atoms with Gasteiger partial charge in [-0.1, -0.05) is 18.3 Å². The van der Waals surface area contributed by atoms with Crippen LogP contribution in [0.5, 0.6) is 0 Å². The van der Waals surface area contributed by atoms with E-state index in [4.69, 9.17) is 0 Å². The Morgan fingerprint density at radius 1 is 1.31 bits per heavy atom. The van der Waals surface area contributed by atoms with Crippen molar-refractivity contribution in [2.24, 2.45) is 12.0 Å².